The van der Waals surface area contributed by atoms with Gasteiger partial charge in [0.25, 0.3) is 0 Å². The first-order chi connectivity index (χ1) is 9.77. The lowest BCUT2D eigenvalue weighted by Crippen LogP contribution is -2.42. The monoisotopic (exact) mass is 316 g/mol. The van der Waals surface area contributed by atoms with Crippen LogP contribution in [0.3, 0.4) is 0 Å². The van der Waals surface area contributed by atoms with Gasteiger partial charge in [-0.1, -0.05) is 13.8 Å². The summed E-state index contributed by atoms with van der Waals surface area (Å²) in [6, 6.07) is 2.22. The first kappa shape index (κ1) is 16.0. The summed E-state index contributed by atoms with van der Waals surface area (Å²) in [5, 5.41) is 0. The van der Waals surface area contributed by atoms with E-state index in [1.54, 1.807) is 0 Å². The van der Waals surface area contributed by atoms with E-state index in [9.17, 15) is 12.8 Å². The number of anilines is 1. The van der Waals surface area contributed by atoms with Gasteiger partial charge < -0.3 is 10.5 Å². The van der Waals surface area contributed by atoms with Crippen LogP contribution in [0.5, 0.6) is 5.75 Å². The minimum absolute atomic E-state index is 0.0190. The van der Waals surface area contributed by atoms with Gasteiger partial charge in [0.05, 0.1) is 17.7 Å². The quantitative estimate of drug-likeness (QED) is 0.867. The zero-order valence-corrected chi connectivity index (χ0v) is 13.3. The van der Waals surface area contributed by atoms with Crippen LogP contribution in [-0.2, 0) is 10.0 Å². The summed E-state index contributed by atoms with van der Waals surface area (Å²) in [5.41, 5.74) is 5.64. The third kappa shape index (κ3) is 2.98. The average molecular weight is 316 g/mol. The van der Waals surface area contributed by atoms with E-state index >= 15 is 0 Å². The molecule has 1 fully saturated rings. The van der Waals surface area contributed by atoms with Gasteiger partial charge in [-0.05, 0) is 30.4 Å². The summed E-state index contributed by atoms with van der Waals surface area (Å²) in [7, 11) is -2.44. The molecule has 2 N–H and O–H groups in total. The van der Waals surface area contributed by atoms with Crippen LogP contribution in [0.15, 0.2) is 17.0 Å². The number of ether oxygens (including phenoxy) is 1. The Bertz CT molecular complexity index is 610. The van der Waals surface area contributed by atoms with Crippen LogP contribution in [0, 0.1) is 17.7 Å². The Kier molecular flexibility index (Phi) is 4.43. The number of hydrogen-bond acceptors (Lipinski definition) is 4. The Balaban J connectivity index is 2.36. The van der Waals surface area contributed by atoms with Gasteiger partial charge in [-0.15, -0.1) is 0 Å². The van der Waals surface area contributed by atoms with Crippen LogP contribution in [0.1, 0.15) is 20.3 Å². The molecule has 1 heterocycles. The maximum absolute atomic E-state index is 13.9. The average Bonchev–Trinajstić information content (AvgIpc) is 2.41. The topological polar surface area (TPSA) is 72.6 Å². The van der Waals surface area contributed by atoms with E-state index in [2.05, 4.69) is 6.92 Å². The molecule has 2 atom stereocenters. The van der Waals surface area contributed by atoms with Gasteiger partial charge in [-0.3, -0.25) is 0 Å². The molecule has 1 aromatic rings. The number of sulfonamides is 1. The number of methoxy groups -OCH3 is 1. The lowest BCUT2D eigenvalue weighted by Gasteiger charge is -2.34. The first-order valence-electron chi connectivity index (χ1n) is 6.90. The fourth-order valence-corrected chi connectivity index (χ4v) is 4.15. The van der Waals surface area contributed by atoms with Crippen LogP contribution in [0.4, 0.5) is 10.1 Å². The molecule has 0 aromatic heterocycles. The van der Waals surface area contributed by atoms with Gasteiger partial charge in [0, 0.05) is 13.1 Å². The van der Waals surface area contributed by atoms with Crippen LogP contribution >= 0.6 is 0 Å². The molecule has 1 aliphatic heterocycles. The Labute approximate surface area is 124 Å². The van der Waals surface area contributed by atoms with E-state index in [0.717, 1.165) is 12.5 Å². The van der Waals surface area contributed by atoms with Crippen molar-refractivity contribution in [3.05, 3.63) is 17.9 Å². The number of hydrogen-bond donors (Lipinski definition) is 1. The van der Waals surface area contributed by atoms with Crippen LogP contribution in [-0.4, -0.2) is 32.9 Å². The van der Waals surface area contributed by atoms with Gasteiger partial charge >= 0.3 is 0 Å². The van der Waals surface area contributed by atoms with E-state index in [1.807, 2.05) is 6.92 Å². The number of nitrogens with two attached hydrogens (primary N) is 1. The van der Waals surface area contributed by atoms with Gasteiger partial charge in [0.15, 0.2) is 11.6 Å². The minimum Gasteiger partial charge on any atom is -0.492 e. The largest absolute Gasteiger partial charge is 0.492 e. The molecule has 2 unspecified atom stereocenters. The Morgan fingerprint density at radius 3 is 2.52 bits per heavy atom. The molecule has 2 rings (SSSR count). The maximum Gasteiger partial charge on any atom is 0.243 e. The van der Waals surface area contributed by atoms with E-state index in [1.165, 1.54) is 17.5 Å². The second-order valence-electron chi connectivity index (χ2n) is 5.63. The molecule has 1 saturated heterocycles. The number of nitrogen functional groups attached to an aromatic ring is 1. The highest BCUT2D eigenvalue weighted by Crippen LogP contribution is 2.32. The third-order valence-corrected chi connectivity index (χ3v) is 6.03. The summed E-state index contributed by atoms with van der Waals surface area (Å²) in [6.45, 7) is 5.02. The summed E-state index contributed by atoms with van der Waals surface area (Å²) < 4.78 is 45.3. The highest BCUT2D eigenvalue weighted by atomic mass is 32.2. The summed E-state index contributed by atoms with van der Waals surface area (Å²) in [5.74, 6) is -0.146. The lowest BCUT2D eigenvalue weighted by molar-refractivity contribution is 0.212. The molecule has 0 amide bonds. The van der Waals surface area contributed by atoms with Gasteiger partial charge in [0.1, 0.15) is 0 Å². The third-order valence-electron chi connectivity index (χ3n) is 4.18. The molecule has 7 heteroatoms. The standard InChI is InChI=1S/C14H21FN2O3S/c1-9-4-5-17(8-10(9)2)21(18,19)11-6-12(15)14(20-3)13(16)7-11/h6-7,9-10H,4-5,8,16H2,1-3H3. The van der Waals surface area contributed by atoms with Gasteiger partial charge in [0.2, 0.25) is 10.0 Å². The highest BCUT2D eigenvalue weighted by Gasteiger charge is 2.32. The molecule has 118 valence electrons. The van der Waals surface area contributed by atoms with Gasteiger partial charge in [-0.25, -0.2) is 12.8 Å². The van der Waals surface area contributed by atoms with E-state index in [0.29, 0.717) is 19.0 Å². The number of nitrogens with zero attached hydrogens (tertiary/aromatic N) is 1. The molecule has 1 aliphatic rings. The molecule has 0 radical (unpaired) electrons. The predicted molar refractivity (Wildman–Crippen MR) is 79.1 cm³/mol. The van der Waals surface area contributed by atoms with Crippen molar-refractivity contribution >= 4 is 15.7 Å². The number of benzene rings is 1. The van der Waals surface area contributed by atoms with Crippen molar-refractivity contribution in [1.29, 1.82) is 0 Å². The zero-order valence-electron chi connectivity index (χ0n) is 12.5. The van der Waals surface area contributed by atoms with Crippen molar-refractivity contribution in [2.45, 2.75) is 25.2 Å². The Morgan fingerprint density at radius 2 is 2.00 bits per heavy atom. The molecule has 0 bridgehead atoms. The Hall–Kier alpha value is -1.34. The number of halogens is 1. The Morgan fingerprint density at radius 1 is 1.33 bits per heavy atom. The normalized spacial score (nSPS) is 24.0. The maximum atomic E-state index is 13.9. The van der Waals surface area contributed by atoms with E-state index in [4.69, 9.17) is 10.5 Å². The molecule has 21 heavy (non-hydrogen) atoms. The van der Waals surface area contributed by atoms with Crippen molar-refractivity contribution in [1.82, 2.24) is 4.31 Å². The molecule has 5 nitrogen and oxygen atoms in total. The van der Waals surface area contributed by atoms with E-state index < -0.39 is 15.8 Å². The summed E-state index contributed by atoms with van der Waals surface area (Å²) in [6.07, 6.45) is 0.800. The summed E-state index contributed by atoms with van der Waals surface area (Å²) >= 11 is 0. The van der Waals surface area contributed by atoms with Crippen molar-refractivity contribution in [3.8, 4) is 5.75 Å². The number of piperidine rings is 1. The second kappa shape index (κ2) is 5.81. The van der Waals surface area contributed by atoms with Crippen molar-refractivity contribution in [2.75, 3.05) is 25.9 Å². The van der Waals surface area contributed by atoms with E-state index in [-0.39, 0.29) is 22.3 Å². The van der Waals surface area contributed by atoms with Crippen molar-refractivity contribution < 1.29 is 17.5 Å². The minimum atomic E-state index is -3.73. The summed E-state index contributed by atoms with van der Waals surface area (Å²) in [4.78, 5) is -0.125. The number of rotatable bonds is 3. The fraction of sp³-hybridized carbons (Fsp3) is 0.571. The molecule has 0 spiro atoms. The van der Waals surface area contributed by atoms with Crippen LogP contribution < -0.4 is 10.5 Å². The zero-order chi connectivity index (χ0) is 15.8. The second-order valence-corrected chi connectivity index (χ2v) is 7.57. The lowest BCUT2D eigenvalue weighted by atomic mass is 9.90. The van der Waals surface area contributed by atoms with Crippen molar-refractivity contribution in [2.24, 2.45) is 11.8 Å². The first-order valence-corrected chi connectivity index (χ1v) is 8.34. The molecular formula is C14H21FN2O3S. The smallest absolute Gasteiger partial charge is 0.243 e. The fourth-order valence-electron chi connectivity index (χ4n) is 2.55. The van der Waals surface area contributed by atoms with Crippen LogP contribution in [0.2, 0.25) is 0 Å². The molecule has 1 aromatic carbocycles. The molecular weight excluding hydrogens is 295 g/mol. The van der Waals surface area contributed by atoms with Gasteiger partial charge in [-0.2, -0.15) is 4.31 Å². The SMILES string of the molecule is COc1c(N)cc(S(=O)(=O)N2CCC(C)C(C)C2)cc1F. The molecule has 0 aliphatic carbocycles. The van der Waals surface area contributed by atoms with Crippen molar-refractivity contribution in [3.63, 3.8) is 0 Å². The molecule has 0 saturated carbocycles. The predicted octanol–water partition coefficient (Wildman–Crippen LogP) is 2.08. The highest BCUT2D eigenvalue weighted by molar-refractivity contribution is 7.89. The van der Waals surface area contributed by atoms with Crippen LogP contribution in [0.25, 0.3) is 0 Å².